The van der Waals surface area contributed by atoms with Gasteiger partial charge in [-0.2, -0.15) is 0 Å². The average molecular weight is 792 g/mol. The number of nitrogens with zero attached hydrogens (tertiary/aromatic N) is 1. The number of rotatable bonds is 8. The van der Waals surface area contributed by atoms with Crippen molar-refractivity contribution in [3.63, 3.8) is 0 Å². The molecule has 0 atom stereocenters. The molecule has 0 spiro atoms. The van der Waals surface area contributed by atoms with Crippen LogP contribution in [0.15, 0.2) is 237 Å². The molecule has 0 amide bonds. The first-order chi connectivity index (χ1) is 30.5. The van der Waals surface area contributed by atoms with Crippen LogP contribution in [0.1, 0.15) is 25.0 Å². The van der Waals surface area contributed by atoms with Crippen molar-refractivity contribution in [2.24, 2.45) is 0 Å². The normalized spacial score (nSPS) is 12.5. The first-order valence-corrected chi connectivity index (χ1v) is 21.6. The van der Waals surface area contributed by atoms with Gasteiger partial charge in [-0.1, -0.05) is 190 Å². The maximum absolute atomic E-state index is 2.39. The summed E-state index contributed by atoms with van der Waals surface area (Å²) < 4.78 is 0. The van der Waals surface area contributed by atoms with Gasteiger partial charge in [0.15, 0.2) is 0 Å². The van der Waals surface area contributed by atoms with Crippen LogP contribution in [0.25, 0.3) is 77.5 Å². The Labute approximate surface area is 364 Å². The molecule has 0 N–H and O–H groups in total. The Morgan fingerprint density at radius 1 is 0.274 bits per heavy atom. The maximum Gasteiger partial charge on any atom is 0.0467 e. The van der Waals surface area contributed by atoms with E-state index in [1.54, 1.807) is 0 Å². The van der Waals surface area contributed by atoms with Gasteiger partial charge in [-0.25, -0.2) is 0 Å². The molecule has 10 aromatic rings. The Balaban J connectivity index is 1.01. The zero-order valence-electron chi connectivity index (χ0n) is 35.0. The van der Waals surface area contributed by atoms with E-state index in [0.717, 1.165) is 17.1 Å². The number of hydrogen-bond donors (Lipinski definition) is 0. The molecule has 1 nitrogen and oxygen atoms in total. The van der Waals surface area contributed by atoms with Crippen molar-refractivity contribution in [2.45, 2.75) is 19.3 Å². The van der Waals surface area contributed by atoms with Gasteiger partial charge in [0.2, 0.25) is 0 Å². The van der Waals surface area contributed by atoms with Crippen LogP contribution < -0.4 is 4.90 Å². The SMILES string of the molecule is CC1(C)c2ccccc2-c2cccc(-c3ccc(N(c4ccc(-c5cc(-c6ccccc6)cc(-c6ccccc6)c5)cc4)c4cccc(-c5ccc6ccccc6c5)c4)cc3)c21. The number of hydrogen-bond acceptors (Lipinski definition) is 1. The molecule has 1 aliphatic carbocycles. The number of fused-ring (bicyclic) bond motifs is 4. The third-order valence-corrected chi connectivity index (χ3v) is 12.8. The van der Waals surface area contributed by atoms with Crippen molar-refractivity contribution in [1.82, 2.24) is 0 Å². The summed E-state index contributed by atoms with van der Waals surface area (Å²) in [5.74, 6) is 0. The highest BCUT2D eigenvalue weighted by Gasteiger charge is 2.37. The molecule has 0 saturated heterocycles. The molecule has 0 heterocycles. The summed E-state index contributed by atoms with van der Waals surface area (Å²) in [7, 11) is 0. The largest absolute Gasteiger partial charge is 0.310 e. The number of benzene rings is 10. The minimum atomic E-state index is -0.0966. The first kappa shape index (κ1) is 37.3. The number of anilines is 3. The smallest absolute Gasteiger partial charge is 0.0467 e. The summed E-state index contributed by atoms with van der Waals surface area (Å²) in [6.07, 6.45) is 0. The second kappa shape index (κ2) is 15.4. The molecule has 62 heavy (non-hydrogen) atoms. The molecule has 10 aromatic carbocycles. The Hall–Kier alpha value is -7.74. The third-order valence-electron chi connectivity index (χ3n) is 12.8. The molecule has 0 bridgehead atoms. The third kappa shape index (κ3) is 6.69. The van der Waals surface area contributed by atoms with Gasteiger partial charge in [-0.3, -0.25) is 0 Å². The summed E-state index contributed by atoms with van der Waals surface area (Å²) in [5, 5.41) is 2.49. The van der Waals surface area contributed by atoms with E-state index in [0.29, 0.717) is 0 Å². The first-order valence-electron chi connectivity index (χ1n) is 21.6. The Morgan fingerprint density at radius 2 is 0.742 bits per heavy atom. The van der Waals surface area contributed by atoms with Crippen LogP contribution in [0, 0.1) is 0 Å². The van der Waals surface area contributed by atoms with Gasteiger partial charge in [0, 0.05) is 22.5 Å². The van der Waals surface area contributed by atoms with E-state index in [4.69, 9.17) is 0 Å². The van der Waals surface area contributed by atoms with Crippen molar-refractivity contribution in [1.29, 1.82) is 0 Å². The molecule has 1 aliphatic rings. The quantitative estimate of drug-likeness (QED) is 0.148. The van der Waals surface area contributed by atoms with Crippen molar-refractivity contribution in [3.05, 3.63) is 248 Å². The van der Waals surface area contributed by atoms with Gasteiger partial charge >= 0.3 is 0 Å². The summed E-state index contributed by atoms with van der Waals surface area (Å²) in [6.45, 7) is 4.73. The zero-order valence-corrected chi connectivity index (χ0v) is 35.0. The van der Waals surface area contributed by atoms with Crippen LogP contribution in [0.3, 0.4) is 0 Å². The van der Waals surface area contributed by atoms with E-state index < -0.39 is 0 Å². The van der Waals surface area contributed by atoms with Crippen LogP contribution in [0.2, 0.25) is 0 Å². The van der Waals surface area contributed by atoms with Crippen LogP contribution in [-0.2, 0) is 5.41 Å². The highest BCUT2D eigenvalue weighted by Crippen LogP contribution is 2.52. The fourth-order valence-corrected chi connectivity index (χ4v) is 9.71. The van der Waals surface area contributed by atoms with Crippen LogP contribution >= 0.6 is 0 Å². The predicted octanol–water partition coefficient (Wildman–Crippen LogP) is 17.0. The minimum Gasteiger partial charge on any atom is -0.310 e. The highest BCUT2D eigenvalue weighted by atomic mass is 15.1. The second-order valence-electron chi connectivity index (χ2n) is 17.0. The molecular weight excluding hydrogens is 747 g/mol. The minimum absolute atomic E-state index is 0.0966. The highest BCUT2D eigenvalue weighted by molar-refractivity contribution is 5.91. The molecule has 0 radical (unpaired) electrons. The molecule has 0 saturated carbocycles. The monoisotopic (exact) mass is 791 g/mol. The summed E-state index contributed by atoms with van der Waals surface area (Å²) in [4.78, 5) is 2.39. The van der Waals surface area contributed by atoms with E-state index in [-0.39, 0.29) is 5.41 Å². The molecule has 294 valence electrons. The summed E-state index contributed by atoms with van der Waals surface area (Å²) >= 11 is 0. The topological polar surface area (TPSA) is 3.24 Å². The fraction of sp³-hybridized carbons (Fsp3) is 0.0492. The molecule has 0 aromatic heterocycles. The van der Waals surface area contributed by atoms with Crippen molar-refractivity contribution < 1.29 is 0 Å². The van der Waals surface area contributed by atoms with E-state index in [9.17, 15) is 0 Å². The molecule has 1 heteroatoms. The Morgan fingerprint density at radius 3 is 1.40 bits per heavy atom. The van der Waals surface area contributed by atoms with Gasteiger partial charge in [0.05, 0.1) is 0 Å². The van der Waals surface area contributed by atoms with E-state index in [2.05, 4.69) is 255 Å². The Bertz CT molecular complexity index is 3170. The lowest BCUT2D eigenvalue weighted by Crippen LogP contribution is -2.16. The fourth-order valence-electron chi connectivity index (χ4n) is 9.71. The van der Waals surface area contributed by atoms with Gasteiger partial charge < -0.3 is 4.90 Å². The molecular formula is C61H45N. The molecule has 11 rings (SSSR count). The van der Waals surface area contributed by atoms with Gasteiger partial charge in [-0.05, 0) is 149 Å². The lowest BCUT2D eigenvalue weighted by Gasteiger charge is -2.27. The Kier molecular flexibility index (Phi) is 9.24. The van der Waals surface area contributed by atoms with Crippen LogP contribution in [0.5, 0.6) is 0 Å². The van der Waals surface area contributed by atoms with Crippen molar-refractivity contribution >= 4 is 27.8 Å². The van der Waals surface area contributed by atoms with Gasteiger partial charge in [0.25, 0.3) is 0 Å². The summed E-state index contributed by atoms with van der Waals surface area (Å²) in [6, 6.07) is 86.6. The lowest BCUT2D eigenvalue weighted by molar-refractivity contribution is 0.662. The lowest BCUT2D eigenvalue weighted by atomic mass is 9.79. The standard InChI is InChI=1S/C61H45N/c1-61(2)59-26-12-11-23-57(59)58-25-14-24-56(60(58)61)46-31-35-54(36-32-46)62(55-22-13-21-48(41-55)49-28-27-44-19-9-10-20-47(44)37-49)53-33-29-45(30-34-53)52-39-50(42-15-5-3-6-16-42)38-51(40-52)43-17-7-4-8-18-43/h3-41H,1-2H3. The maximum atomic E-state index is 2.39. The van der Waals surface area contributed by atoms with Crippen molar-refractivity contribution in [3.8, 4) is 66.8 Å². The van der Waals surface area contributed by atoms with Crippen LogP contribution in [0.4, 0.5) is 17.1 Å². The second-order valence-corrected chi connectivity index (χ2v) is 17.0. The molecule has 0 aliphatic heterocycles. The van der Waals surface area contributed by atoms with E-state index in [1.165, 1.54) is 88.7 Å². The molecule has 0 unspecified atom stereocenters. The van der Waals surface area contributed by atoms with E-state index in [1.807, 2.05) is 0 Å². The van der Waals surface area contributed by atoms with Gasteiger partial charge in [-0.15, -0.1) is 0 Å². The van der Waals surface area contributed by atoms with E-state index >= 15 is 0 Å². The molecule has 0 fully saturated rings. The summed E-state index contributed by atoms with van der Waals surface area (Å²) in [5.41, 5.74) is 20.7. The average Bonchev–Trinajstić information content (AvgIpc) is 3.58. The zero-order chi connectivity index (χ0) is 41.6. The van der Waals surface area contributed by atoms with Crippen LogP contribution in [-0.4, -0.2) is 0 Å². The predicted molar refractivity (Wildman–Crippen MR) is 263 cm³/mol. The van der Waals surface area contributed by atoms with Crippen molar-refractivity contribution in [2.75, 3.05) is 4.90 Å². The van der Waals surface area contributed by atoms with Gasteiger partial charge in [0.1, 0.15) is 0 Å².